The summed E-state index contributed by atoms with van der Waals surface area (Å²) in [6.45, 7) is 6.19. The quantitative estimate of drug-likeness (QED) is 0.593. The maximum atomic E-state index is 5.25. The van der Waals surface area contributed by atoms with Crippen LogP contribution in [0.25, 0.3) is 0 Å². The molecule has 1 atom stereocenters. The van der Waals surface area contributed by atoms with Gasteiger partial charge in [-0.3, -0.25) is 0 Å². The molecule has 0 bridgehead atoms. The summed E-state index contributed by atoms with van der Waals surface area (Å²) < 4.78 is 5.25. The molecule has 0 amide bonds. The maximum absolute atomic E-state index is 5.25. The van der Waals surface area contributed by atoms with E-state index in [1.807, 2.05) is 0 Å². The van der Waals surface area contributed by atoms with Crippen molar-refractivity contribution in [2.45, 2.75) is 71.6 Å². The molecule has 0 fully saturated rings. The summed E-state index contributed by atoms with van der Waals surface area (Å²) in [7, 11) is 1.75. The average Bonchev–Trinajstić information content (AvgIpc) is 2.46. The molecule has 0 heterocycles. The van der Waals surface area contributed by atoms with Crippen LogP contribution in [0.2, 0.25) is 0 Å². The fourth-order valence-corrected chi connectivity index (χ4v) is 2.47. The molecule has 0 saturated heterocycles. The summed E-state index contributed by atoms with van der Waals surface area (Å²) in [6.07, 6.45) is 8.08. The number of unbranched alkanes of at least 4 members (excludes halogenated alkanes) is 4. The van der Waals surface area contributed by atoms with E-state index in [1.165, 1.54) is 49.7 Å². The van der Waals surface area contributed by atoms with Crippen molar-refractivity contribution in [3.63, 3.8) is 0 Å². The van der Waals surface area contributed by atoms with Crippen molar-refractivity contribution in [3.05, 3.63) is 35.4 Å². The molecule has 20 heavy (non-hydrogen) atoms. The van der Waals surface area contributed by atoms with Crippen LogP contribution in [0.1, 0.15) is 63.5 Å². The summed E-state index contributed by atoms with van der Waals surface area (Å²) in [5.74, 6) is 0. The third-order valence-corrected chi connectivity index (χ3v) is 3.80. The van der Waals surface area contributed by atoms with E-state index in [0.29, 0.717) is 12.6 Å². The first-order chi connectivity index (χ1) is 9.77. The van der Waals surface area contributed by atoms with Crippen LogP contribution in [0.4, 0.5) is 0 Å². The van der Waals surface area contributed by atoms with Crippen molar-refractivity contribution in [1.82, 2.24) is 5.32 Å². The van der Waals surface area contributed by atoms with Crippen LogP contribution >= 0.6 is 0 Å². The lowest BCUT2D eigenvalue weighted by Crippen LogP contribution is -2.25. The number of nitrogens with one attached hydrogen (secondary N) is 1. The number of methoxy groups -OCH3 is 1. The van der Waals surface area contributed by atoms with Gasteiger partial charge in [-0.2, -0.15) is 0 Å². The zero-order valence-electron chi connectivity index (χ0n) is 13.5. The Hall–Kier alpha value is -0.860. The fraction of sp³-hybridized carbons (Fsp3) is 0.667. The van der Waals surface area contributed by atoms with Crippen LogP contribution in [0, 0.1) is 0 Å². The van der Waals surface area contributed by atoms with Crippen LogP contribution in [-0.4, -0.2) is 13.2 Å². The Bertz CT molecular complexity index is 351. The fourth-order valence-electron chi connectivity index (χ4n) is 2.47. The van der Waals surface area contributed by atoms with Gasteiger partial charge in [0.2, 0.25) is 0 Å². The number of ether oxygens (including phenoxy) is 1. The van der Waals surface area contributed by atoms with Gasteiger partial charge in [0.05, 0.1) is 6.61 Å². The second-order valence-corrected chi connectivity index (χ2v) is 5.69. The first-order valence-electron chi connectivity index (χ1n) is 8.07. The predicted molar refractivity (Wildman–Crippen MR) is 86.8 cm³/mol. The predicted octanol–water partition coefficient (Wildman–Crippen LogP) is 4.67. The van der Waals surface area contributed by atoms with E-state index in [1.54, 1.807) is 7.11 Å². The topological polar surface area (TPSA) is 21.3 Å². The number of hydrogen-bond donors (Lipinski definition) is 1. The van der Waals surface area contributed by atoms with Crippen molar-refractivity contribution in [2.75, 3.05) is 7.11 Å². The Balaban J connectivity index is 2.24. The Morgan fingerprint density at radius 2 is 1.75 bits per heavy atom. The largest absolute Gasteiger partial charge is 0.380 e. The molecule has 1 N–H and O–H groups in total. The molecule has 0 radical (unpaired) electrons. The van der Waals surface area contributed by atoms with Gasteiger partial charge in [0.1, 0.15) is 0 Å². The molecule has 0 spiro atoms. The molecule has 0 saturated carbocycles. The van der Waals surface area contributed by atoms with E-state index in [4.69, 9.17) is 4.74 Å². The van der Waals surface area contributed by atoms with E-state index in [-0.39, 0.29) is 0 Å². The van der Waals surface area contributed by atoms with Gasteiger partial charge in [-0.25, -0.2) is 0 Å². The number of rotatable bonds is 11. The molecule has 114 valence electrons. The first kappa shape index (κ1) is 17.2. The Kier molecular flexibility index (Phi) is 9.35. The van der Waals surface area contributed by atoms with Crippen molar-refractivity contribution >= 4 is 0 Å². The molecule has 1 rings (SSSR count). The molecule has 0 aliphatic carbocycles. The smallest absolute Gasteiger partial charge is 0.0716 e. The highest BCUT2D eigenvalue weighted by Gasteiger charge is 2.04. The molecule has 0 aliphatic rings. The van der Waals surface area contributed by atoms with Crippen LogP contribution < -0.4 is 5.32 Å². The summed E-state index contributed by atoms with van der Waals surface area (Å²) in [4.78, 5) is 0. The molecule has 0 aromatic heterocycles. The third kappa shape index (κ3) is 7.06. The molecule has 1 unspecified atom stereocenters. The van der Waals surface area contributed by atoms with Gasteiger partial charge in [-0.05, 0) is 24.5 Å². The molecule has 0 aliphatic heterocycles. The first-order valence-corrected chi connectivity index (χ1v) is 8.07. The van der Waals surface area contributed by atoms with E-state index in [0.717, 1.165) is 6.54 Å². The van der Waals surface area contributed by atoms with Gasteiger partial charge in [0.15, 0.2) is 0 Å². The highest BCUT2D eigenvalue weighted by molar-refractivity contribution is 5.26. The standard InChI is InChI=1S/C18H31NO/c1-4-5-6-7-8-11-16(2)19-14-17-12-9-10-13-18(17)15-20-3/h9-10,12-13,16,19H,4-8,11,14-15H2,1-3H3. The molecular formula is C18H31NO. The highest BCUT2D eigenvalue weighted by Crippen LogP contribution is 2.11. The van der Waals surface area contributed by atoms with Crippen LogP contribution in [0.3, 0.4) is 0 Å². The van der Waals surface area contributed by atoms with Crippen molar-refractivity contribution < 1.29 is 4.74 Å². The molecule has 1 aromatic rings. The van der Waals surface area contributed by atoms with Gasteiger partial charge in [0.25, 0.3) is 0 Å². The molecule has 2 heteroatoms. The van der Waals surface area contributed by atoms with Crippen LogP contribution in [0.5, 0.6) is 0 Å². The van der Waals surface area contributed by atoms with Crippen LogP contribution in [-0.2, 0) is 17.9 Å². The molecule has 2 nitrogen and oxygen atoms in total. The lowest BCUT2D eigenvalue weighted by molar-refractivity contribution is 0.184. The van der Waals surface area contributed by atoms with E-state index >= 15 is 0 Å². The highest BCUT2D eigenvalue weighted by atomic mass is 16.5. The Morgan fingerprint density at radius 1 is 1.05 bits per heavy atom. The zero-order valence-corrected chi connectivity index (χ0v) is 13.5. The normalized spacial score (nSPS) is 12.6. The summed E-state index contributed by atoms with van der Waals surface area (Å²) in [6, 6.07) is 9.11. The zero-order chi connectivity index (χ0) is 14.6. The van der Waals surface area contributed by atoms with Crippen molar-refractivity contribution in [2.24, 2.45) is 0 Å². The Morgan fingerprint density at radius 3 is 2.45 bits per heavy atom. The van der Waals surface area contributed by atoms with Gasteiger partial charge in [-0.1, -0.05) is 63.3 Å². The van der Waals surface area contributed by atoms with Gasteiger partial charge in [0, 0.05) is 19.7 Å². The molecule has 1 aromatic carbocycles. The third-order valence-electron chi connectivity index (χ3n) is 3.80. The number of hydrogen-bond acceptors (Lipinski definition) is 2. The average molecular weight is 277 g/mol. The summed E-state index contributed by atoms with van der Waals surface area (Å²) >= 11 is 0. The summed E-state index contributed by atoms with van der Waals surface area (Å²) in [5, 5.41) is 3.63. The minimum Gasteiger partial charge on any atom is -0.380 e. The van der Waals surface area contributed by atoms with Gasteiger partial charge < -0.3 is 10.1 Å². The number of benzene rings is 1. The second-order valence-electron chi connectivity index (χ2n) is 5.69. The Labute approximate surface area is 124 Å². The monoisotopic (exact) mass is 277 g/mol. The van der Waals surface area contributed by atoms with Crippen molar-refractivity contribution in [3.8, 4) is 0 Å². The lowest BCUT2D eigenvalue weighted by Gasteiger charge is -2.15. The minimum absolute atomic E-state index is 0.590. The van der Waals surface area contributed by atoms with Crippen molar-refractivity contribution in [1.29, 1.82) is 0 Å². The summed E-state index contributed by atoms with van der Waals surface area (Å²) in [5.41, 5.74) is 2.64. The van der Waals surface area contributed by atoms with E-state index in [2.05, 4.69) is 43.4 Å². The van der Waals surface area contributed by atoms with E-state index in [9.17, 15) is 0 Å². The second kappa shape index (κ2) is 10.9. The van der Waals surface area contributed by atoms with Gasteiger partial charge >= 0.3 is 0 Å². The maximum Gasteiger partial charge on any atom is 0.0716 e. The van der Waals surface area contributed by atoms with Crippen LogP contribution in [0.15, 0.2) is 24.3 Å². The minimum atomic E-state index is 0.590. The lowest BCUT2D eigenvalue weighted by atomic mass is 10.1. The SMILES string of the molecule is CCCCCCCC(C)NCc1ccccc1COC. The molecular weight excluding hydrogens is 246 g/mol. The van der Waals surface area contributed by atoms with Gasteiger partial charge in [-0.15, -0.1) is 0 Å². The van der Waals surface area contributed by atoms with E-state index < -0.39 is 0 Å².